The van der Waals surface area contributed by atoms with Gasteiger partial charge in [0, 0.05) is 13.3 Å². The van der Waals surface area contributed by atoms with Crippen molar-refractivity contribution < 1.29 is 4.52 Å². The van der Waals surface area contributed by atoms with Crippen molar-refractivity contribution in [3.63, 3.8) is 0 Å². The lowest BCUT2D eigenvalue weighted by atomic mass is 10.2. The summed E-state index contributed by atoms with van der Waals surface area (Å²) < 4.78 is 4.76. The Morgan fingerprint density at radius 1 is 1.70 bits per heavy atom. The molecule has 0 saturated heterocycles. The smallest absolute Gasteiger partial charge is 0.223 e. The van der Waals surface area contributed by atoms with E-state index in [9.17, 15) is 0 Å². The Morgan fingerprint density at radius 2 is 2.40 bits per heavy atom. The van der Waals surface area contributed by atoms with Gasteiger partial charge >= 0.3 is 0 Å². The van der Waals surface area contributed by atoms with Crippen LogP contribution in [0.1, 0.15) is 18.6 Å². The topological polar surface area (TPSA) is 38.9 Å². The predicted octanol–water partition coefficient (Wildman–Crippen LogP) is 1.50. The van der Waals surface area contributed by atoms with Crippen LogP contribution < -0.4 is 0 Å². The minimum atomic E-state index is 0.608. The van der Waals surface area contributed by atoms with E-state index in [4.69, 9.17) is 4.52 Å². The molecule has 10 heavy (non-hydrogen) atoms. The van der Waals surface area contributed by atoms with Crippen LogP contribution in [0.5, 0.6) is 0 Å². The Labute approximate surface area is 59.8 Å². The van der Waals surface area contributed by atoms with Crippen LogP contribution in [-0.2, 0) is 6.42 Å². The maximum Gasteiger partial charge on any atom is 0.223 e. The van der Waals surface area contributed by atoms with Crippen LogP contribution in [0.25, 0.3) is 0 Å². The molecule has 0 saturated carbocycles. The van der Waals surface area contributed by atoms with Crippen molar-refractivity contribution in [3.8, 4) is 0 Å². The average Bonchev–Trinajstić information content (AvgIpc) is 2.13. The van der Waals surface area contributed by atoms with Crippen LogP contribution in [-0.4, -0.2) is 10.1 Å². The highest BCUT2D eigenvalue weighted by Gasteiger charge is 2.00. The molecule has 1 aromatic heterocycles. The third-order valence-electron chi connectivity index (χ3n) is 1.03. The van der Waals surface area contributed by atoms with E-state index in [1.165, 1.54) is 0 Å². The van der Waals surface area contributed by atoms with Gasteiger partial charge in [0.15, 0.2) is 5.82 Å². The van der Waals surface area contributed by atoms with E-state index in [-0.39, 0.29) is 0 Å². The van der Waals surface area contributed by atoms with Gasteiger partial charge in [0.1, 0.15) is 0 Å². The van der Waals surface area contributed by atoms with Gasteiger partial charge in [-0.05, 0) is 6.92 Å². The number of nitrogens with zero attached hydrogens (tertiary/aromatic N) is 2. The van der Waals surface area contributed by atoms with Crippen molar-refractivity contribution in [2.75, 3.05) is 0 Å². The lowest BCUT2D eigenvalue weighted by Crippen LogP contribution is -1.87. The summed E-state index contributed by atoms with van der Waals surface area (Å²) in [7, 11) is 0. The second-order valence-electron chi connectivity index (χ2n) is 2.36. The zero-order valence-corrected chi connectivity index (χ0v) is 6.22. The number of aryl methyl sites for hydroxylation is 1. The molecule has 0 atom stereocenters. The Kier molecular flexibility index (Phi) is 1.85. The first kappa shape index (κ1) is 6.99. The summed E-state index contributed by atoms with van der Waals surface area (Å²) in [5, 5.41) is 3.71. The molecule has 54 valence electrons. The standard InChI is InChI=1S/C7H10N2O/c1-5(2)4-7-8-6(3)10-9-7/h1,4H2,2-3H3. The molecular formula is C7H10N2O. The molecule has 0 spiro atoms. The molecule has 0 fully saturated rings. The molecule has 3 nitrogen and oxygen atoms in total. The van der Waals surface area contributed by atoms with E-state index in [1.54, 1.807) is 6.92 Å². The van der Waals surface area contributed by atoms with Crippen molar-refractivity contribution in [1.29, 1.82) is 0 Å². The first-order valence-electron chi connectivity index (χ1n) is 3.12. The first-order valence-corrected chi connectivity index (χ1v) is 3.12. The maximum absolute atomic E-state index is 4.76. The van der Waals surface area contributed by atoms with Crippen LogP contribution in [0, 0.1) is 6.92 Å². The summed E-state index contributed by atoms with van der Waals surface area (Å²) in [6, 6.07) is 0. The second-order valence-corrected chi connectivity index (χ2v) is 2.36. The third-order valence-corrected chi connectivity index (χ3v) is 1.03. The molecule has 3 heteroatoms. The van der Waals surface area contributed by atoms with E-state index in [0.29, 0.717) is 18.1 Å². The monoisotopic (exact) mass is 138 g/mol. The van der Waals surface area contributed by atoms with Gasteiger partial charge in [-0.1, -0.05) is 17.3 Å². The number of allylic oxidation sites excluding steroid dienone is 1. The van der Waals surface area contributed by atoms with E-state index in [2.05, 4.69) is 16.7 Å². The quantitative estimate of drug-likeness (QED) is 0.581. The highest BCUT2D eigenvalue weighted by molar-refractivity contribution is 5.00. The molecule has 0 aromatic carbocycles. The zero-order valence-electron chi connectivity index (χ0n) is 6.22. The fraction of sp³-hybridized carbons (Fsp3) is 0.429. The SMILES string of the molecule is C=C(C)Cc1noc(C)n1. The molecule has 1 aromatic rings. The minimum Gasteiger partial charge on any atom is -0.340 e. The fourth-order valence-electron chi connectivity index (χ4n) is 0.683. The summed E-state index contributed by atoms with van der Waals surface area (Å²) in [6.45, 7) is 7.45. The molecule has 0 aliphatic rings. The summed E-state index contributed by atoms with van der Waals surface area (Å²) in [6.07, 6.45) is 0.706. The molecule has 1 rings (SSSR count). The number of hydrogen-bond donors (Lipinski definition) is 0. The molecule has 0 aliphatic carbocycles. The van der Waals surface area contributed by atoms with Crippen molar-refractivity contribution >= 4 is 0 Å². The molecular weight excluding hydrogens is 128 g/mol. The number of aromatic nitrogens is 2. The minimum absolute atomic E-state index is 0.608. The highest BCUT2D eigenvalue weighted by Crippen LogP contribution is 2.00. The molecule has 0 bridgehead atoms. The average molecular weight is 138 g/mol. The van der Waals surface area contributed by atoms with E-state index in [0.717, 1.165) is 5.57 Å². The zero-order chi connectivity index (χ0) is 7.56. The Bertz CT molecular complexity index is 240. The van der Waals surface area contributed by atoms with Gasteiger partial charge in [-0.2, -0.15) is 4.98 Å². The Hall–Kier alpha value is -1.12. The molecule has 0 unspecified atom stereocenters. The van der Waals surface area contributed by atoms with Gasteiger partial charge < -0.3 is 4.52 Å². The van der Waals surface area contributed by atoms with Crippen molar-refractivity contribution in [1.82, 2.24) is 10.1 Å². The van der Waals surface area contributed by atoms with E-state index >= 15 is 0 Å². The van der Waals surface area contributed by atoms with Gasteiger partial charge in [0.05, 0.1) is 0 Å². The number of rotatable bonds is 2. The van der Waals surface area contributed by atoms with Gasteiger partial charge in [-0.25, -0.2) is 0 Å². The van der Waals surface area contributed by atoms with Crippen molar-refractivity contribution in [3.05, 3.63) is 23.9 Å². The summed E-state index contributed by atoms with van der Waals surface area (Å²) >= 11 is 0. The lowest BCUT2D eigenvalue weighted by Gasteiger charge is -1.87. The Balaban J connectivity index is 2.67. The highest BCUT2D eigenvalue weighted by atomic mass is 16.5. The van der Waals surface area contributed by atoms with Crippen LogP contribution in [0.2, 0.25) is 0 Å². The molecule has 0 amide bonds. The van der Waals surface area contributed by atoms with Gasteiger partial charge in [0.25, 0.3) is 0 Å². The summed E-state index contributed by atoms with van der Waals surface area (Å²) in [5.41, 5.74) is 1.04. The first-order chi connectivity index (χ1) is 4.68. The molecule has 1 heterocycles. The van der Waals surface area contributed by atoms with Crippen molar-refractivity contribution in [2.24, 2.45) is 0 Å². The van der Waals surface area contributed by atoms with Crippen LogP contribution in [0.3, 0.4) is 0 Å². The van der Waals surface area contributed by atoms with E-state index < -0.39 is 0 Å². The maximum atomic E-state index is 4.76. The van der Waals surface area contributed by atoms with Crippen LogP contribution in [0.4, 0.5) is 0 Å². The lowest BCUT2D eigenvalue weighted by molar-refractivity contribution is 0.388. The van der Waals surface area contributed by atoms with Crippen LogP contribution in [0.15, 0.2) is 16.7 Å². The summed E-state index contributed by atoms with van der Waals surface area (Å²) in [4.78, 5) is 4.01. The number of hydrogen-bond acceptors (Lipinski definition) is 3. The molecule has 0 radical (unpaired) electrons. The fourth-order valence-corrected chi connectivity index (χ4v) is 0.683. The van der Waals surface area contributed by atoms with E-state index in [1.807, 2.05) is 6.92 Å². The second kappa shape index (κ2) is 2.64. The van der Waals surface area contributed by atoms with Crippen LogP contribution >= 0.6 is 0 Å². The predicted molar refractivity (Wildman–Crippen MR) is 37.6 cm³/mol. The molecule has 0 aliphatic heterocycles. The Morgan fingerprint density at radius 3 is 2.80 bits per heavy atom. The van der Waals surface area contributed by atoms with Gasteiger partial charge in [0.2, 0.25) is 5.89 Å². The van der Waals surface area contributed by atoms with Crippen molar-refractivity contribution in [2.45, 2.75) is 20.3 Å². The largest absolute Gasteiger partial charge is 0.340 e. The van der Waals surface area contributed by atoms with Gasteiger partial charge in [-0.15, -0.1) is 0 Å². The normalized spacial score (nSPS) is 9.80. The third kappa shape index (κ3) is 1.69. The summed E-state index contributed by atoms with van der Waals surface area (Å²) in [5.74, 6) is 1.32. The van der Waals surface area contributed by atoms with Gasteiger partial charge in [-0.3, -0.25) is 0 Å². The molecule has 0 N–H and O–H groups in total.